The van der Waals surface area contributed by atoms with E-state index < -0.39 is 11.6 Å². The summed E-state index contributed by atoms with van der Waals surface area (Å²) in [5.74, 6) is -1.20. The smallest absolute Gasteiger partial charge is 0.149 e. The molecule has 4 heteroatoms. The zero-order valence-corrected chi connectivity index (χ0v) is 9.18. The molecular formula is C12H16F2N2. The summed E-state index contributed by atoms with van der Waals surface area (Å²) >= 11 is 0. The Labute approximate surface area is 94.0 Å². The molecule has 0 radical (unpaired) electrons. The van der Waals surface area contributed by atoms with E-state index in [2.05, 4.69) is 0 Å². The monoisotopic (exact) mass is 226 g/mol. The molecule has 0 aliphatic carbocycles. The quantitative estimate of drug-likeness (QED) is 0.746. The Morgan fingerprint density at radius 3 is 2.19 bits per heavy atom. The van der Waals surface area contributed by atoms with Gasteiger partial charge in [0.05, 0.1) is 11.4 Å². The van der Waals surface area contributed by atoms with Crippen LogP contribution in [0.1, 0.15) is 25.7 Å². The molecule has 2 N–H and O–H groups in total. The normalized spacial score (nSPS) is 17.2. The maximum absolute atomic E-state index is 13.6. The highest BCUT2D eigenvalue weighted by Gasteiger charge is 2.15. The van der Waals surface area contributed by atoms with E-state index in [0.717, 1.165) is 32.0 Å². The molecule has 2 nitrogen and oxygen atoms in total. The van der Waals surface area contributed by atoms with E-state index in [1.54, 1.807) is 0 Å². The van der Waals surface area contributed by atoms with Gasteiger partial charge in [-0.15, -0.1) is 0 Å². The fourth-order valence-electron chi connectivity index (χ4n) is 2.11. The van der Waals surface area contributed by atoms with Gasteiger partial charge in [-0.2, -0.15) is 0 Å². The molecule has 1 aromatic carbocycles. The van der Waals surface area contributed by atoms with Crippen LogP contribution in [0.3, 0.4) is 0 Å². The molecule has 1 heterocycles. The van der Waals surface area contributed by atoms with Crippen LogP contribution in [0.4, 0.5) is 20.2 Å². The average molecular weight is 226 g/mol. The summed E-state index contributed by atoms with van der Waals surface area (Å²) in [7, 11) is 0. The minimum absolute atomic E-state index is 0.0145. The number of nitrogens with zero attached hydrogens (tertiary/aromatic N) is 1. The first-order valence-corrected chi connectivity index (χ1v) is 5.68. The number of hydrogen-bond acceptors (Lipinski definition) is 2. The molecule has 1 aliphatic rings. The lowest BCUT2D eigenvalue weighted by atomic mass is 10.2. The number of rotatable bonds is 1. The van der Waals surface area contributed by atoms with Crippen molar-refractivity contribution in [2.45, 2.75) is 25.7 Å². The van der Waals surface area contributed by atoms with Crippen LogP contribution in [0.15, 0.2) is 12.1 Å². The van der Waals surface area contributed by atoms with Crippen LogP contribution >= 0.6 is 0 Å². The Kier molecular flexibility index (Phi) is 3.27. The van der Waals surface area contributed by atoms with Crippen molar-refractivity contribution in [3.63, 3.8) is 0 Å². The number of anilines is 2. The molecule has 1 aromatic rings. The number of hydrogen-bond donors (Lipinski definition) is 1. The van der Waals surface area contributed by atoms with E-state index >= 15 is 0 Å². The summed E-state index contributed by atoms with van der Waals surface area (Å²) in [6.45, 7) is 1.64. The average Bonchev–Trinajstić information content (AvgIpc) is 2.52. The third-order valence-electron chi connectivity index (χ3n) is 3.01. The van der Waals surface area contributed by atoms with Crippen molar-refractivity contribution in [1.82, 2.24) is 0 Å². The first-order valence-electron chi connectivity index (χ1n) is 5.68. The van der Waals surface area contributed by atoms with Gasteiger partial charge in [0.15, 0.2) is 0 Å². The Morgan fingerprint density at radius 1 is 0.938 bits per heavy atom. The van der Waals surface area contributed by atoms with Crippen molar-refractivity contribution < 1.29 is 8.78 Å². The van der Waals surface area contributed by atoms with Crippen molar-refractivity contribution in [3.8, 4) is 0 Å². The summed E-state index contributed by atoms with van der Waals surface area (Å²) in [4.78, 5) is 1.96. The highest BCUT2D eigenvalue weighted by molar-refractivity contribution is 5.57. The van der Waals surface area contributed by atoms with E-state index in [1.165, 1.54) is 18.9 Å². The van der Waals surface area contributed by atoms with Crippen LogP contribution in [0, 0.1) is 11.6 Å². The molecule has 88 valence electrons. The van der Waals surface area contributed by atoms with Gasteiger partial charge in [-0.05, 0) is 18.9 Å². The fraction of sp³-hybridized carbons (Fsp3) is 0.500. The van der Waals surface area contributed by atoms with Crippen LogP contribution < -0.4 is 10.6 Å². The second-order valence-electron chi connectivity index (χ2n) is 4.23. The molecule has 1 fully saturated rings. The van der Waals surface area contributed by atoms with Gasteiger partial charge in [-0.1, -0.05) is 12.8 Å². The van der Waals surface area contributed by atoms with Gasteiger partial charge in [0.2, 0.25) is 0 Å². The molecule has 0 amide bonds. The predicted octanol–water partition coefficient (Wildman–Crippen LogP) is 2.93. The standard InChI is InChI=1S/C12H16F2N2/c13-9-7-10(14)12(8-11(9)15)16-5-3-1-2-4-6-16/h7-8H,1-6,15H2. The van der Waals surface area contributed by atoms with Crippen LogP contribution in [0.5, 0.6) is 0 Å². The molecule has 0 spiro atoms. The molecule has 0 atom stereocenters. The highest BCUT2D eigenvalue weighted by Crippen LogP contribution is 2.26. The number of nitrogens with two attached hydrogens (primary N) is 1. The molecule has 0 bridgehead atoms. The van der Waals surface area contributed by atoms with Gasteiger partial charge in [0.1, 0.15) is 11.6 Å². The topological polar surface area (TPSA) is 29.3 Å². The van der Waals surface area contributed by atoms with E-state index in [0.29, 0.717) is 5.69 Å². The zero-order valence-electron chi connectivity index (χ0n) is 9.18. The molecule has 2 rings (SSSR count). The van der Waals surface area contributed by atoms with E-state index in [1.807, 2.05) is 4.90 Å². The molecule has 0 aromatic heterocycles. The molecular weight excluding hydrogens is 210 g/mol. The van der Waals surface area contributed by atoms with Crippen LogP contribution in [0.25, 0.3) is 0 Å². The Bertz CT molecular complexity index is 372. The maximum Gasteiger partial charge on any atom is 0.149 e. The summed E-state index contributed by atoms with van der Waals surface area (Å²) in [6, 6.07) is 2.27. The van der Waals surface area contributed by atoms with Crippen molar-refractivity contribution in [2.24, 2.45) is 0 Å². The molecule has 0 unspecified atom stereocenters. The maximum atomic E-state index is 13.6. The van der Waals surface area contributed by atoms with Crippen LogP contribution in [0.2, 0.25) is 0 Å². The predicted molar refractivity (Wildman–Crippen MR) is 61.5 cm³/mol. The van der Waals surface area contributed by atoms with E-state index in [9.17, 15) is 8.78 Å². The largest absolute Gasteiger partial charge is 0.396 e. The number of nitrogen functional groups attached to an aromatic ring is 1. The van der Waals surface area contributed by atoms with Crippen molar-refractivity contribution in [2.75, 3.05) is 23.7 Å². The summed E-state index contributed by atoms with van der Waals surface area (Å²) < 4.78 is 26.6. The first-order chi connectivity index (χ1) is 7.68. The molecule has 0 saturated carbocycles. The van der Waals surface area contributed by atoms with Gasteiger partial charge in [0, 0.05) is 19.2 Å². The third kappa shape index (κ3) is 2.26. The lowest BCUT2D eigenvalue weighted by Gasteiger charge is -2.23. The molecule has 1 saturated heterocycles. The second kappa shape index (κ2) is 4.68. The van der Waals surface area contributed by atoms with Crippen LogP contribution in [-0.2, 0) is 0 Å². The van der Waals surface area contributed by atoms with Gasteiger partial charge in [-0.3, -0.25) is 0 Å². The van der Waals surface area contributed by atoms with E-state index in [4.69, 9.17) is 5.73 Å². The highest BCUT2D eigenvalue weighted by atomic mass is 19.1. The first kappa shape index (κ1) is 11.2. The number of halogens is 2. The van der Waals surface area contributed by atoms with Gasteiger partial charge in [-0.25, -0.2) is 8.78 Å². The van der Waals surface area contributed by atoms with Crippen LogP contribution in [-0.4, -0.2) is 13.1 Å². The minimum Gasteiger partial charge on any atom is -0.396 e. The van der Waals surface area contributed by atoms with Crippen molar-refractivity contribution >= 4 is 11.4 Å². The Morgan fingerprint density at radius 2 is 1.56 bits per heavy atom. The lowest BCUT2D eigenvalue weighted by molar-refractivity contribution is 0.581. The lowest BCUT2D eigenvalue weighted by Crippen LogP contribution is -2.25. The third-order valence-corrected chi connectivity index (χ3v) is 3.01. The fourth-order valence-corrected chi connectivity index (χ4v) is 2.11. The van der Waals surface area contributed by atoms with Gasteiger partial charge in [0.25, 0.3) is 0 Å². The minimum atomic E-state index is -0.684. The molecule has 16 heavy (non-hydrogen) atoms. The summed E-state index contributed by atoms with van der Waals surface area (Å²) in [5, 5.41) is 0. The van der Waals surface area contributed by atoms with Crippen molar-refractivity contribution in [1.29, 1.82) is 0 Å². The second-order valence-corrected chi connectivity index (χ2v) is 4.23. The SMILES string of the molecule is Nc1cc(N2CCCCCC2)c(F)cc1F. The zero-order chi connectivity index (χ0) is 11.5. The number of benzene rings is 1. The van der Waals surface area contributed by atoms with Crippen molar-refractivity contribution in [3.05, 3.63) is 23.8 Å². The van der Waals surface area contributed by atoms with E-state index in [-0.39, 0.29) is 5.69 Å². The van der Waals surface area contributed by atoms with Gasteiger partial charge < -0.3 is 10.6 Å². The van der Waals surface area contributed by atoms with Gasteiger partial charge >= 0.3 is 0 Å². The Balaban J connectivity index is 2.27. The summed E-state index contributed by atoms with van der Waals surface area (Å²) in [5.41, 5.74) is 5.91. The molecule has 1 aliphatic heterocycles. The Hall–Kier alpha value is -1.32. The summed E-state index contributed by atoms with van der Waals surface area (Å²) in [6.07, 6.45) is 4.46.